The van der Waals surface area contributed by atoms with E-state index in [-0.39, 0.29) is 5.69 Å². The van der Waals surface area contributed by atoms with Gasteiger partial charge in [-0.05, 0) is 29.2 Å². The van der Waals surface area contributed by atoms with E-state index in [1.807, 2.05) is 24.3 Å². The highest BCUT2D eigenvalue weighted by atomic mass is 19.1. The number of hydrogen-bond donors (Lipinski definition) is 1. The van der Waals surface area contributed by atoms with E-state index >= 15 is 0 Å². The summed E-state index contributed by atoms with van der Waals surface area (Å²) in [5, 5.41) is 3.94. The molecule has 2 rings (SSSR count). The maximum absolute atomic E-state index is 13.3. The minimum Gasteiger partial charge on any atom is -0.276 e. The predicted molar refractivity (Wildman–Crippen MR) is 78.1 cm³/mol. The van der Waals surface area contributed by atoms with Gasteiger partial charge in [0.05, 0.1) is 11.9 Å². The van der Waals surface area contributed by atoms with Gasteiger partial charge in [-0.1, -0.05) is 38.1 Å². The van der Waals surface area contributed by atoms with E-state index in [0.717, 1.165) is 11.6 Å². The van der Waals surface area contributed by atoms with Crippen LogP contribution in [0.3, 0.4) is 0 Å². The number of benzene rings is 2. The molecule has 2 aromatic rings. The zero-order valence-electron chi connectivity index (χ0n) is 11.4. The molecule has 0 radical (unpaired) electrons. The molecule has 0 fully saturated rings. The fourth-order valence-corrected chi connectivity index (χ4v) is 1.72. The molecule has 0 saturated heterocycles. The molecule has 0 spiro atoms. The zero-order chi connectivity index (χ0) is 14.5. The molecule has 0 unspecified atom stereocenters. The molecule has 0 bridgehead atoms. The third-order valence-corrected chi connectivity index (χ3v) is 2.93. The van der Waals surface area contributed by atoms with Gasteiger partial charge in [-0.25, -0.2) is 8.78 Å². The Morgan fingerprint density at radius 2 is 1.75 bits per heavy atom. The molecular formula is C16H16F2N2. The van der Waals surface area contributed by atoms with Crippen molar-refractivity contribution in [2.75, 3.05) is 5.43 Å². The van der Waals surface area contributed by atoms with Crippen LogP contribution >= 0.6 is 0 Å². The molecule has 0 atom stereocenters. The quantitative estimate of drug-likeness (QED) is 0.642. The summed E-state index contributed by atoms with van der Waals surface area (Å²) in [7, 11) is 0. The highest BCUT2D eigenvalue weighted by Gasteiger charge is 2.01. The minimum absolute atomic E-state index is 0.140. The molecule has 0 aromatic heterocycles. The summed E-state index contributed by atoms with van der Waals surface area (Å²) >= 11 is 0. The van der Waals surface area contributed by atoms with Crippen LogP contribution in [-0.4, -0.2) is 6.21 Å². The fraction of sp³-hybridized carbons (Fsp3) is 0.188. The summed E-state index contributed by atoms with van der Waals surface area (Å²) in [6.45, 7) is 4.25. The molecule has 0 saturated carbocycles. The second-order valence-electron chi connectivity index (χ2n) is 4.82. The molecule has 104 valence electrons. The van der Waals surface area contributed by atoms with Crippen molar-refractivity contribution in [1.29, 1.82) is 0 Å². The van der Waals surface area contributed by atoms with Crippen LogP contribution in [0.15, 0.2) is 47.6 Å². The molecule has 1 N–H and O–H groups in total. The number of nitrogens with zero attached hydrogens (tertiary/aromatic N) is 1. The molecule has 4 heteroatoms. The van der Waals surface area contributed by atoms with Crippen molar-refractivity contribution >= 4 is 11.9 Å². The van der Waals surface area contributed by atoms with Crippen molar-refractivity contribution in [2.45, 2.75) is 19.8 Å². The number of nitrogens with one attached hydrogen (secondary N) is 1. The molecular weight excluding hydrogens is 258 g/mol. The second-order valence-corrected chi connectivity index (χ2v) is 4.82. The van der Waals surface area contributed by atoms with Crippen LogP contribution in [0.25, 0.3) is 0 Å². The second kappa shape index (κ2) is 6.28. The van der Waals surface area contributed by atoms with Crippen molar-refractivity contribution in [2.24, 2.45) is 5.10 Å². The van der Waals surface area contributed by atoms with Gasteiger partial charge in [-0.15, -0.1) is 0 Å². The van der Waals surface area contributed by atoms with Crippen LogP contribution in [0.5, 0.6) is 0 Å². The largest absolute Gasteiger partial charge is 0.276 e. The summed E-state index contributed by atoms with van der Waals surface area (Å²) in [4.78, 5) is 0. The van der Waals surface area contributed by atoms with Crippen molar-refractivity contribution < 1.29 is 8.78 Å². The zero-order valence-corrected chi connectivity index (χ0v) is 11.4. The normalized spacial score (nSPS) is 11.2. The van der Waals surface area contributed by atoms with Gasteiger partial charge in [0.2, 0.25) is 0 Å². The van der Waals surface area contributed by atoms with Crippen molar-refractivity contribution in [1.82, 2.24) is 0 Å². The molecule has 0 amide bonds. The maximum atomic E-state index is 13.3. The first-order chi connectivity index (χ1) is 9.56. The Bertz CT molecular complexity index is 604. The lowest BCUT2D eigenvalue weighted by Crippen LogP contribution is -1.95. The SMILES string of the molecule is CC(C)c1ccc(/C=N/Nc2ccc(F)cc2F)cc1. The van der Waals surface area contributed by atoms with E-state index < -0.39 is 11.6 Å². The molecule has 0 aliphatic carbocycles. The van der Waals surface area contributed by atoms with E-state index in [9.17, 15) is 8.78 Å². The highest BCUT2D eigenvalue weighted by molar-refractivity contribution is 5.80. The summed E-state index contributed by atoms with van der Waals surface area (Å²) in [6.07, 6.45) is 1.59. The van der Waals surface area contributed by atoms with Gasteiger partial charge in [-0.3, -0.25) is 5.43 Å². The maximum Gasteiger partial charge on any atom is 0.151 e. The van der Waals surface area contributed by atoms with Crippen LogP contribution in [0.4, 0.5) is 14.5 Å². The van der Waals surface area contributed by atoms with Crippen molar-refractivity contribution in [3.8, 4) is 0 Å². The lowest BCUT2D eigenvalue weighted by atomic mass is 10.0. The molecule has 0 aliphatic rings. The number of hydrogen-bond acceptors (Lipinski definition) is 2. The highest BCUT2D eigenvalue weighted by Crippen LogP contribution is 2.15. The Morgan fingerprint density at radius 1 is 1.05 bits per heavy atom. The average molecular weight is 274 g/mol. The first-order valence-electron chi connectivity index (χ1n) is 6.40. The molecule has 2 aromatic carbocycles. The van der Waals surface area contributed by atoms with Crippen LogP contribution in [0.2, 0.25) is 0 Å². The monoisotopic (exact) mass is 274 g/mol. The minimum atomic E-state index is -0.669. The average Bonchev–Trinajstić information content (AvgIpc) is 2.42. The number of hydrazone groups is 1. The predicted octanol–water partition coefficient (Wildman–Crippen LogP) is 4.53. The summed E-state index contributed by atoms with van der Waals surface area (Å²) in [5.41, 5.74) is 4.85. The van der Waals surface area contributed by atoms with Gasteiger partial charge in [0.1, 0.15) is 5.82 Å². The molecule has 0 aliphatic heterocycles. The van der Waals surface area contributed by atoms with Crippen LogP contribution in [-0.2, 0) is 0 Å². The van der Waals surface area contributed by atoms with E-state index in [0.29, 0.717) is 5.92 Å². The molecule has 0 heterocycles. The fourth-order valence-electron chi connectivity index (χ4n) is 1.72. The third kappa shape index (κ3) is 3.63. The van der Waals surface area contributed by atoms with Crippen molar-refractivity contribution in [3.63, 3.8) is 0 Å². The summed E-state index contributed by atoms with van der Waals surface area (Å²) < 4.78 is 26.1. The lowest BCUT2D eigenvalue weighted by Gasteiger charge is -2.05. The first-order valence-corrected chi connectivity index (χ1v) is 6.40. The van der Waals surface area contributed by atoms with Gasteiger partial charge < -0.3 is 0 Å². The number of anilines is 1. The van der Waals surface area contributed by atoms with Gasteiger partial charge in [-0.2, -0.15) is 5.10 Å². The standard InChI is InChI=1S/C16H16F2N2/c1-11(2)13-5-3-12(4-6-13)10-19-20-16-8-7-14(17)9-15(16)18/h3-11,20H,1-2H3/b19-10+. The van der Waals surface area contributed by atoms with Crippen LogP contribution in [0, 0.1) is 11.6 Å². The Kier molecular flexibility index (Phi) is 4.45. The van der Waals surface area contributed by atoms with Gasteiger partial charge >= 0.3 is 0 Å². The van der Waals surface area contributed by atoms with E-state index in [1.165, 1.54) is 17.7 Å². The Balaban J connectivity index is 2.02. The van der Waals surface area contributed by atoms with Crippen molar-refractivity contribution in [3.05, 3.63) is 65.2 Å². The third-order valence-electron chi connectivity index (χ3n) is 2.93. The molecule has 2 nitrogen and oxygen atoms in total. The van der Waals surface area contributed by atoms with Crippen LogP contribution < -0.4 is 5.43 Å². The Morgan fingerprint density at radius 3 is 2.35 bits per heavy atom. The number of halogens is 2. The first kappa shape index (κ1) is 14.2. The van der Waals surface area contributed by atoms with E-state index in [2.05, 4.69) is 24.4 Å². The molecule has 20 heavy (non-hydrogen) atoms. The smallest absolute Gasteiger partial charge is 0.151 e. The lowest BCUT2D eigenvalue weighted by molar-refractivity contribution is 0.585. The van der Waals surface area contributed by atoms with Gasteiger partial charge in [0, 0.05) is 6.07 Å². The number of rotatable bonds is 4. The Labute approximate surface area is 117 Å². The topological polar surface area (TPSA) is 24.4 Å². The van der Waals surface area contributed by atoms with Gasteiger partial charge in [0.15, 0.2) is 5.82 Å². The van der Waals surface area contributed by atoms with E-state index in [1.54, 1.807) is 6.21 Å². The summed E-state index contributed by atoms with van der Waals surface area (Å²) in [6, 6.07) is 11.3. The van der Waals surface area contributed by atoms with E-state index in [4.69, 9.17) is 0 Å². The Hall–Kier alpha value is -2.23. The van der Waals surface area contributed by atoms with Gasteiger partial charge in [0.25, 0.3) is 0 Å². The van der Waals surface area contributed by atoms with Crippen LogP contribution in [0.1, 0.15) is 30.9 Å². The summed E-state index contributed by atoms with van der Waals surface area (Å²) in [5.74, 6) is -0.800.